The number of hydrogen-bond donors (Lipinski definition) is 1. The van der Waals surface area contributed by atoms with Gasteiger partial charge in [-0.15, -0.1) is 0 Å². The lowest BCUT2D eigenvalue weighted by Crippen LogP contribution is -2.52. The molecule has 0 aliphatic carbocycles. The van der Waals surface area contributed by atoms with Gasteiger partial charge < -0.3 is 15.0 Å². The fraction of sp³-hybridized carbons (Fsp3) is 0.440. The number of nitrogens with zero attached hydrogens (tertiary/aromatic N) is 3. The molecule has 1 unspecified atom stereocenters. The van der Waals surface area contributed by atoms with E-state index in [1.807, 2.05) is 6.92 Å². The van der Waals surface area contributed by atoms with Crippen LogP contribution in [0.3, 0.4) is 0 Å². The van der Waals surface area contributed by atoms with Gasteiger partial charge in [0.2, 0.25) is 21.8 Å². The van der Waals surface area contributed by atoms with Crippen LogP contribution in [0, 0.1) is 10.1 Å². The Bertz CT molecular complexity index is 1200. The van der Waals surface area contributed by atoms with Crippen molar-refractivity contribution in [3.63, 3.8) is 0 Å². The van der Waals surface area contributed by atoms with E-state index < -0.39 is 33.4 Å². The first-order chi connectivity index (χ1) is 17.5. The Balaban J connectivity index is 2.46. The molecule has 0 heterocycles. The maximum atomic E-state index is 13.7. The number of sulfonamides is 1. The molecule has 2 aromatic rings. The third-order valence-corrected chi connectivity index (χ3v) is 6.85. The van der Waals surface area contributed by atoms with Crippen LogP contribution >= 0.6 is 0 Å². The van der Waals surface area contributed by atoms with Crippen LogP contribution in [-0.4, -0.2) is 62.6 Å². The number of benzene rings is 2. The molecule has 0 aliphatic heterocycles. The van der Waals surface area contributed by atoms with E-state index in [0.717, 1.165) is 29.5 Å². The van der Waals surface area contributed by atoms with E-state index in [4.69, 9.17) is 4.74 Å². The molecule has 0 spiro atoms. The highest BCUT2D eigenvalue weighted by Crippen LogP contribution is 2.24. The van der Waals surface area contributed by atoms with Crippen molar-refractivity contribution in [1.82, 2.24) is 10.2 Å². The summed E-state index contributed by atoms with van der Waals surface area (Å²) in [5.74, 6) is -0.398. The Morgan fingerprint density at radius 2 is 1.84 bits per heavy atom. The van der Waals surface area contributed by atoms with E-state index in [9.17, 15) is 28.1 Å². The van der Waals surface area contributed by atoms with Crippen LogP contribution in [0.25, 0.3) is 0 Å². The summed E-state index contributed by atoms with van der Waals surface area (Å²) in [6.07, 6.45) is 2.88. The molecule has 37 heavy (non-hydrogen) atoms. The molecule has 0 aromatic heterocycles. The van der Waals surface area contributed by atoms with Crippen LogP contribution in [0.5, 0.6) is 5.75 Å². The van der Waals surface area contributed by atoms with Gasteiger partial charge in [0.15, 0.2) is 0 Å². The van der Waals surface area contributed by atoms with Crippen LogP contribution in [0.2, 0.25) is 0 Å². The van der Waals surface area contributed by atoms with Crippen molar-refractivity contribution in [2.75, 3.05) is 30.8 Å². The number of rotatable bonds is 14. The molecule has 0 aliphatic rings. The molecule has 202 valence electrons. The van der Waals surface area contributed by atoms with Crippen molar-refractivity contribution in [2.24, 2.45) is 0 Å². The molecule has 0 saturated carbocycles. The average molecular weight is 535 g/mol. The summed E-state index contributed by atoms with van der Waals surface area (Å²) in [6, 6.07) is 11.2. The molecule has 2 rings (SSSR count). The van der Waals surface area contributed by atoms with Gasteiger partial charge in [0.25, 0.3) is 5.69 Å². The summed E-state index contributed by atoms with van der Waals surface area (Å²) in [4.78, 5) is 38.6. The molecule has 2 aromatic carbocycles. The van der Waals surface area contributed by atoms with Gasteiger partial charge in [-0.2, -0.15) is 0 Å². The number of unbranched alkanes of at least 4 members (excludes halogenated alkanes) is 1. The molecule has 0 saturated heterocycles. The van der Waals surface area contributed by atoms with Crippen LogP contribution in [0.1, 0.15) is 38.7 Å². The highest BCUT2D eigenvalue weighted by Gasteiger charge is 2.32. The number of non-ortho nitro benzene ring substituents is 1. The maximum Gasteiger partial charge on any atom is 0.271 e. The summed E-state index contributed by atoms with van der Waals surface area (Å²) in [7, 11) is -2.49. The number of carbonyl (C=O) groups is 2. The molecule has 12 heteroatoms. The van der Waals surface area contributed by atoms with Gasteiger partial charge in [-0.25, -0.2) is 8.42 Å². The van der Waals surface area contributed by atoms with Crippen LogP contribution < -0.4 is 14.4 Å². The van der Waals surface area contributed by atoms with Gasteiger partial charge in [-0.3, -0.25) is 24.0 Å². The molecule has 2 amide bonds. The third kappa shape index (κ3) is 8.45. The summed E-state index contributed by atoms with van der Waals surface area (Å²) < 4.78 is 31.4. The number of ether oxygens (including phenoxy) is 1. The second-order valence-electron chi connectivity index (χ2n) is 8.49. The number of nitrogens with one attached hydrogen (secondary N) is 1. The number of nitro benzene ring substituents is 1. The molecular formula is C25H34N4O7S. The van der Waals surface area contributed by atoms with Gasteiger partial charge >= 0.3 is 0 Å². The van der Waals surface area contributed by atoms with E-state index in [2.05, 4.69) is 5.32 Å². The molecular weight excluding hydrogens is 500 g/mol. The first kappa shape index (κ1) is 29.6. The first-order valence-corrected chi connectivity index (χ1v) is 13.8. The van der Waals surface area contributed by atoms with Crippen LogP contribution in [-0.2, 0) is 26.2 Å². The number of methoxy groups -OCH3 is 1. The fourth-order valence-corrected chi connectivity index (χ4v) is 4.61. The monoisotopic (exact) mass is 534 g/mol. The Labute approximate surface area is 217 Å². The highest BCUT2D eigenvalue weighted by molar-refractivity contribution is 7.92. The SMILES string of the molecule is CCCCNC(=O)C(CC)N(Cc1cccc(OC)c1)C(=O)CN(c1cccc([N+](=O)[O-])c1)S(C)(=O)=O. The summed E-state index contributed by atoms with van der Waals surface area (Å²) >= 11 is 0. The lowest BCUT2D eigenvalue weighted by molar-refractivity contribution is -0.384. The summed E-state index contributed by atoms with van der Waals surface area (Å²) in [5, 5.41) is 14.1. The van der Waals surface area contributed by atoms with Crippen LogP contribution in [0.15, 0.2) is 48.5 Å². The van der Waals surface area contributed by atoms with E-state index in [-0.39, 0.29) is 23.8 Å². The number of hydrogen-bond acceptors (Lipinski definition) is 7. The number of nitro groups is 1. The smallest absolute Gasteiger partial charge is 0.271 e. The Morgan fingerprint density at radius 1 is 1.14 bits per heavy atom. The molecule has 0 bridgehead atoms. The zero-order valence-electron chi connectivity index (χ0n) is 21.5. The highest BCUT2D eigenvalue weighted by atomic mass is 32.2. The van der Waals surface area contributed by atoms with Crippen molar-refractivity contribution in [3.8, 4) is 5.75 Å². The zero-order valence-corrected chi connectivity index (χ0v) is 22.4. The minimum Gasteiger partial charge on any atom is -0.497 e. The Kier molecular flexibility index (Phi) is 10.9. The minimum atomic E-state index is -4.00. The van der Waals surface area contributed by atoms with E-state index in [1.165, 1.54) is 30.2 Å². The normalized spacial score (nSPS) is 11.9. The number of anilines is 1. The van der Waals surface area contributed by atoms with Gasteiger partial charge in [0.1, 0.15) is 18.3 Å². The topological polar surface area (TPSA) is 139 Å². The lowest BCUT2D eigenvalue weighted by Gasteiger charge is -2.33. The molecule has 0 radical (unpaired) electrons. The minimum absolute atomic E-state index is 0.0215. The average Bonchev–Trinajstić information content (AvgIpc) is 2.86. The van der Waals surface area contributed by atoms with E-state index >= 15 is 0 Å². The standard InChI is InChI=1S/C25H34N4O7S/c1-5-7-14-26-25(31)23(6-2)27(17-19-10-8-13-22(15-19)36-3)24(30)18-28(37(4,34)35)20-11-9-12-21(16-20)29(32)33/h8-13,15-16,23H,5-7,14,17-18H2,1-4H3,(H,26,31). The van der Waals surface area contributed by atoms with Gasteiger partial charge in [-0.1, -0.05) is 38.5 Å². The second kappa shape index (κ2) is 13.6. The molecule has 11 nitrogen and oxygen atoms in total. The quantitative estimate of drug-likeness (QED) is 0.223. The largest absolute Gasteiger partial charge is 0.497 e. The predicted molar refractivity (Wildman–Crippen MR) is 141 cm³/mol. The van der Waals surface area contributed by atoms with E-state index in [1.54, 1.807) is 31.2 Å². The third-order valence-electron chi connectivity index (χ3n) is 5.71. The van der Waals surface area contributed by atoms with Crippen molar-refractivity contribution in [2.45, 2.75) is 45.7 Å². The predicted octanol–water partition coefficient (Wildman–Crippen LogP) is 3.09. The van der Waals surface area contributed by atoms with Gasteiger partial charge in [0.05, 0.1) is 24.0 Å². The molecule has 1 N–H and O–H groups in total. The first-order valence-electron chi connectivity index (χ1n) is 11.9. The lowest BCUT2D eigenvalue weighted by atomic mass is 10.1. The van der Waals surface area contributed by atoms with E-state index in [0.29, 0.717) is 24.3 Å². The Morgan fingerprint density at radius 3 is 2.43 bits per heavy atom. The summed E-state index contributed by atoms with van der Waals surface area (Å²) in [5.41, 5.74) is 0.356. The molecule has 0 fully saturated rings. The van der Waals surface area contributed by atoms with Crippen LogP contribution in [0.4, 0.5) is 11.4 Å². The maximum absolute atomic E-state index is 13.7. The van der Waals surface area contributed by atoms with Crippen molar-refractivity contribution in [3.05, 3.63) is 64.2 Å². The van der Waals surface area contributed by atoms with Crippen molar-refractivity contribution < 1.29 is 27.7 Å². The number of amides is 2. The fourth-order valence-electron chi connectivity index (χ4n) is 3.77. The van der Waals surface area contributed by atoms with Gasteiger partial charge in [-0.05, 0) is 36.6 Å². The van der Waals surface area contributed by atoms with Crippen molar-refractivity contribution >= 4 is 33.2 Å². The summed E-state index contributed by atoms with van der Waals surface area (Å²) in [6.45, 7) is 3.61. The zero-order chi connectivity index (χ0) is 27.6. The second-order valence-corrected chi connectivity index (χ2v) is 10.4. The molecule has 1 atom stereocenters. The Hall–Kier alpha value is -3.67. The number of carbonyl (C=O) groups excluding carboxylic acids is 2. The van der Waals surface area contributed by atoms with Gasteiger partial charge in [0, 0.05) is 25.2 Å². The van der Waals surface area contributed by atoms with Crippen molar-refractivity contribution in [1.29, 1.82) is 0 Å².